The number of nitrogens with one attached hydrogen (secondary N) is 1. The fraction of sp³-hybridized carbons (Fsp3) is 0.727. The summed E-state index contributed by atoms with van der Waals surface area (Å²) in [5.74, 6) is -0.253. The number of carbonyl (C=O) groups is 1. The Morgan fingerprint density at radius 1 is 1.53 bits per heavy atom. The summed E-state index contributed by atoms with van der Waals surface area (Å²) in [4.78, 5) is 12.8. The molecule has 6 nitrogen and oxygen atoms in total. The van der Waals surface area contributed by atoms with Gasteiger partial charge in [0.15, 0.2) is 9.84 Å². The Labute approximate surface area is 116 Å². The molecule has 0 aliphatic carbocycles. The van der Waals surface area contributed by atoms with E-state index in [-0.39, 0.29) is 23.3 Å². The first-order valence-corrected chi connectivity index (χ1v) is 8.78. The maximum atomic E-state index is 11.9. The lowest BCUT2D eigenvalue weighted by Gasteiger charge is -2.09. The largest absolute Gasteiger partial charge is 0.351 e. The topological polar surface area (TPSA) is 89.0 Å². The molecule has 2 rings (SSSR count). The van der Waals surface area contributed by atoms with E-state index in [0.717, 1.165) is 10.6 Å². The van der Waals surface area contributed by atoms with E-state index >= 15 is 0 Å². The van der Waals surface area contributed by atoms with Crippen molar-refractivity contribution in [3.05, 3.63) is 10.6 Å². The summed E-state index contributed by atoms with van der Waals surface area (Å²) >= 11 is 1.27. The fourth-order valence-corrected chi connectivity index (χ4v) is 4.57. The van der Waals surface area contributed by atoms with Gasteiger partial charge in [-0.25, -0.2) is 8.42 Å². The van der Waals surface area contributed by atoms with Crippen LogP contribution in [0.4, 0.5) is 0 Å². The molecule has 8 heteroatoms. The van der Waals surface area contributed by atoms with E-state index in [1.54, 1.807) is 0 Å². The second-order valence-corrected chi connectivity index (χ2v) is 8.12. The highest BCUT2D eigenvalue weighted by atomic mass is 32.2. The van der Waals surface area contributed by atoms with E-state index < -0.39 is 15.8 Å². The van der Waals surface area contributed by atoms with Gasteiger partial charge in [0.25, 0.3) is 0 Å². The second-order valence-electron chi connectivity index (χ2n) is 5.05. The molecule has 0 spiro atoms. The highest BCUT2D eigenvalue weighted by molar-refractivity contribution is 7.91. The van der Waals surface area contributed by atoms with Crippen molar-refractivity contribution in [2.45, 2.75) is 32.7 Å². The van der Waals surface area contributed by atoms with Crippen molar-refractivity contribution in [2.24, 2.45) is 5.92 Å². The lowest BCUT2D eigenvalue weighted by atomic mass is 10.1. The molecular weight excluding hydrogens is 286 g/mol. The standard InChI is InChI=1S/C11H17N3O3S2/c1-7(2)10-9(18-14-13-10)5-12-11(15)8-3-4-19(16,17)6-8/h7-8H,3-6H2,1-2H3,(H,12,15)/t8-/m0/s1. The maximum absolute atomic E-state index is 11.9. The van der Waals surface area contributed by atoms with Gasteiger partial charge in [0, 0.05) is 0 Å². The molecule has 1 aliphatic rings. The molecule has 2 heterocycles. The molecule has 1 N–H and O–H groups in total. The van der Waals surface area contributed by atoms with Crippen LogP contribution in [0.15, 0.2) is 0 Å². The molecule has 19 heavy (non-hydrogen) atoms. The van der Waals surface area contributed by atoms with Gasteiger partial charge in [0.05, 0.1) is 34.5 Å². The van der Waals surface area contributed by atoms with E-state index in [4.69, 9.17) is 0 Å². The molecule has 1 saturated heterocycles. The van der Waals surface area contributed by atoms with Crippen LogP contribution >= 0.6 is 11.5 Å². The maximum Gasteiger partial charge on any atom is 0.224 e. The van der Waals surface area contributed by atoms with Gasteiger partial charge in [0.1, 0.15) is 0 Å². The van der Waals surface area contributed by atoms with Gasteiger partial charge >= 0.3 is 0 Å². The third-order valence-electron chi connectivity index (χ3n) is 3.16. The van der Waals surface area contributed by atoms with Gasteiger partial charge in [-0.1, -0.05) is 18.3 Å². The number of aromatic nitrogens is 2. The van der Waals surface area contributed by atoms with Crippen LogP contribution in [-0.2, 0) is 21.2 Å². The van der Waals surface area contributed by atoms with Crippen molar-refractivity contribution in [2.75, 3.05) is 11.5 Å². The quantitative estimate of drug-likeness (QED) is 0.885. The predicted octanol–water partition coefficient (Wildman–Crippen LogP) is 0.712. The van der Waals surface area contributed by atoms with Crippen molar-refractivity contribution < 1.29 is 13.2 Å². The number of carbonyl (C=O) groups excluding carboxylic acids is 1. The summed E-state index contributed by atoms with van der Waals surface area (Å²) in [6.45, 7) is 4.41. The van der Waals surface area contributed by atoms with E-state index in [9.17, 15) is 13.2 Å². The number of amides is 1. The lowest BCUT2D eigenvalue weighted by molar-refractivity contribution is -0.124. The van der Waals surface area contributed by atoms with Crippen LogP contribution in [0.2, 0.25) is 0 Å². The Hall–Kier alpha value is -1.02. The minimum atomic E-state index is -3.02. The summed E-state index contributed by atoms with van der Waals surface area (Å²) in [6, 6.07) is 0. The molecule has 1 fully saturated rings. The average molecular weight is 303 g/mol. The molecule has 0 bridgehead atoms. The molecule has 1 aromatic heterocycles. The summed E-state index contributed by atoms with van der Waals surface area (Å²) < 4.78 is 26.5. The SMILES string of the molecule is CC(C)c1nnsc1CNC(=O)[C@H]1CCS(=O)(=O)C1. The smallest absolute Gasteiger partial charge is 0.224 e. The molecule has 106 valence electrons. The minimum Gasteiger partial charge on any atom is -0.351 e. The van der Waals surface area contributed by atoms with E-state index in [1.165, 1.54) is 11.5 Å². The van der Waals surface area contributed by atoms with Gasteiger partial charge < -0.3 is 5.32 Å². The van der Waals surface area contributed by atoms with Gasteiger partial charge in [-0.2, -0.15) is 0 Å². The first-order valence-electron chi connectivity index (χ1n) is 6.18. The van der Waals surface area contributed by atoms with Gasteiger partial charge in [-0.15, -0.1) is 5.10 Å². The van der Waals surface area contributed by atoms with Gasteiger partial charge in [0.2, 0.25) is 5.91 Å². The van der Waals surface area contributed by atoms with Crippen molar-refractivity contribution in [3.8, 4) is 0 Å². The third kappa shape index (κ3) is 3.50. The first kappa shape index (κ1) is 14.4. The van der Waals surface area contributed by atoms with Gasteiger partial charge in [-0.05, 0) is 23.9 Å². The monoisotopic (exact) mass is 303 g/mol. The van der Waals surface area contributed by atoms with Crippen LogP contribution in [0, 0.1) is 5.92 Å². The van der Waals surface area contributed by atoms with Crippen LogP contribution in [0.25, 0.3) is 0 Å². The average Bonchev–Trinajstić information content (AvgIpc) is 2.92. The number of nitrogens with zero attached hydrogens (tertiary/aromatic N) is 2. The van der Waals surface area contributed by atoms with Crippen molar-refractivity contribution in [3.63, 3.8) is 0 Å². The first-order chi connectivity index (χ1) is 8.89. The van der Waals surface area contributed by atoms with Crippen molar-refractivity contribution in [1.29, 1.82) is 0 Å². The molecule has 1 aliphatic heterocycles. The minimum absolute atomic E-state index is 0.0309. The Morgan fingerprint density at radius 3 is 2.84 bits per heavy atom. The number of hydrogen-bond donors (Lipinski definition) is 1. The Kier molecular flexibility index (Phi) is 4.19. The fourth-order valence-electron chi connectivity index (χ4n) is 2.09. The van der Waals surface area contributed by atoms with E-state index in [0.29, 0.717) is 13.0 Å². The summed E-state index contributed by atoms with van der Waals surface area (Å²) in [6.07, 6.45) is 0.423. The Bertz CT molecular complexity index is 565. The van der Waals surface area contributed by atoms with Crippen LogP contribution in [-0.4, -0.2) is 35.4 Å². The summed E-state index contributed by atoms with van der Waals surface area (Å²) in [5, 5.41) is 6.82. The highest BCUT2D eigenvalue weighted by Gasteiger charge is 2.32. The van der Waals surface area contributed by atoms with Crippen LogP contribution in [0.5, 0.6) is 0 Å². The van der Waals surface area contributed by atoms with Crippen molar-refractivity contribution in [1.82, 2.24) is 14.9 Å². The number of hydrogen-bond acceptors (Lipinski definition) is 6. The molecular formula is C11H17N3O3S2. The lowest BCUT2D eigenvalue weighted by Crippen LogP contribution is -2.31. The Morgan fingerprint density at radius 2 is 2.26 bits per heavy atom. The molecule has 0 aromatic carbocycles. The van der Waals surface area contributed by atoms with E-state index in [1.807, 2.05) is 13.8 Å². The third-order valence-corrected chi connectivity index (χ3v) is 5.66. The predicted molar refractivity (Wildman–Crippen MR) is 72.6 cm³/mol. The Balaban J connectivity index is 1.92. The van der Waals surface area contributed by atoms with E-state index in [2.05, 4.69) is 14.9 Å². The molecule has 1 amide bonds. The molecule has 0 radical (unpaired) electrons. The van der Waals surface area contributed by atoms with Crippen LogP contribution < -0.4 is 5.32 Å². The van der Waals surface area contributed by atoms with Crippen LogP contribution in [0.1, 0.15) is 36.8 Å². The number of rotatable bonds is 4. The molecule has 1 atom stereocenters. The molecule has 1 aromatic rings. The van der Waals surface area contributed by atoms with Crippen molar-refractivity contribution >= 4 is 27.3 Å². The van der Waals surface area contributed by atoms with Gasteiger partial charge in [-0.3, -0.25) is 4.79 Å². The van der Waals surface area contributed by atoms with Crippen LogP contribution in [0.3, 0.4) is 0 Å². The zero-order chi connectivity index (χ0) is 14.0. The zero-order valence-electron chi connectivity index (χ0n) is 10.9. The summed E-state index contributed by atoms with van der Waals surface area (Å²) in [5.41, 5.74) is 0.893. The second kappa shape index (κ2) is 5.54. The summed E-state index contributed by atoms with van der Waals surface area (Å²) in [7, 11) is -3.02. The highest BCUT2D eigenvalue weighted by Crippen LogP contribution is 2.21. The number of sulfone groups is 1. The molecule has 0 unspecified atom stereocenters. The zero-order valence-corrected chi connectivity index (χ0v) is 12.6. The normalized spacial score (nSPS) is 21.7. The molecule has 0 saturated carbocycles.